The van der Waals surface area contributed by atoms with Crippen molar-refractivity contribution < 1.29 is 4.74 Å². The van der Waals surface area contributed by atoms with Gasteiger partial charge in [-0.3, -0.25) is 0 Å². The van der Waals surface area contributed by atoms with Crippen molar-refractivity contribution in [3.05, 3.63) is 72.4 Å². The minimum atomic E-state index is 0.576. The normalized spacial score (nSPS) is 14.2. The summed E-state index contributed by atoms with van der Waals surface area (Å²) in [5.41, 5.74) is 3.20. The van der Waals surface area contributed by atoms with Crippen LogP contribution in [0.4, 0.5) is 5.95 Å². The summed E-state index contributed by atoms with van der Waals surface area (Å²) in [6.07, 6.45) is 5.61. The van der Waals surface area contributed by atoms with Crippen molar-refractivity contribution >= 4 is 5.95 Å². The lowest BCUT2D eigenvalue weighted by atomic mass is 10.1. The molecule has 0 N–H and O–H groups in total. The van der Waals surface area contributed by atoms with Crippen molar-refractivity contribution in [1.29, 1.82) is 0 Å². The summed E-state index contributed by atoms with van der Waals surface area (Å²) < 4.78 is 5.86. The summed E-state index contributed by atoms with van der Waals surface area (Å²) in [7, 11) is 0. The highest BCUT2D eigenvalue weighted by atomic mass is 16.5. The number of aromatic nitrogens is 2. The molecule has 26 heavy (non-hydrogen) atoms. The Kier molecular flexibility index (Phi) is 5.10. The fraction of sp³-hybridized carbons (Fsp3) is 0.273. The molecule has 4 heteroatoms. The maximum atomic E-state index is 5.86. The van der Waals surface area contributed by atoms with Gasteiger partial charge in [0.25, 0.3) is 0 Å². The monoisotopic (exact) mass is 345 g/mol. The summed E-state index contributed by atoms with van der Waals surface area (Å²) in [5.74, 6) is 1.70. The van der Waals surface area contributed by atoms with Crippen molar-refractivity contribution in [3.8, 4) is 17.0 Å². The standard InChI is InChI=1S/C22H23N3O/c1-3-7-18(8-4-1)17-26-20-11-9-19(10-12-20)21-13-14-23-22(24-21)25-15-5-2-6-16-25/h1,3-4,7-14H,2,5-6,15-17H2. The highest BCUT2D eigenvalue weighted by Crippen LogP contribution is 2.23. The number of benzene rings is 2. The molecule has 0 radical (unpaired) electrons. The van der Waals surface area contributed by atoms with Gasteiger partial charge in [-0.05, 0) is 55.2 Å². The van der Waals surface area contributed by atoms with Gasteiger partial charge in [-0.15, -0.1) is 0 Å². The van der Waals surface area contributed by atoms with Gasteiger partial charge in [0.1, 0.15) is 12.4 Å². The van der Waals surface area contributed by atoms with Gasteiger partial charge < -0.3 is 9.64 Å². The Bertz CT molecular complexity index is 828. The van der Waals surface area contributed by atoms with Gasteiger partial charge in [0, 0.05) is 24.8 Å². The average molecular weight is 345 g/mol. The summed E-state index contributed by atoms with van der Waals surface area (Å²) in [4.78, 5) is 11.5. The van der Waals surface area contributed by atoms with Crippen molar-refractivity contribution in [3.63, 3.8) is 0 Å². The zero-order valence-corrected chi connectivity index (χ0v) is 14.8. The third-order valence-electron chi connectivity index (χ3n) is 4.68. The second-order valence-electron chi connectivity index (χ2n) is 6.59. The van der Waals surface area contributed by atoms with Crippen molar-refractivity contribution in [2.24, 2.45) is 0 Å². The quantitative estimate of drug-likeness (QED) is 0.671. The topological polar surface area (TPSA) is 38.2 Å². The Labute approximate surface area is 154 Å². The Hall–Kier alpha value is -2.88. The predicted octanol–water partition coefficient (Wildman–Crippen LogP) is 4.71. The van der Waals surface area contributed by atoms with Gasteiger partial charge in [0.05, 0.1) is 5.69 Å². The third-order valence-corrected chi connectivity index (χ3v) is 4.68. The lowest BCUT2D eigenvalue weighted by Crippen LogP contribution is -2.30. The Morgan fingerprint density at radius 2 is 1.62 bits per heavy atom. The minimum Gasteiger partial charge on any atom is -0.489 e. The van der Waals surface area contributed by atoms with E-state index in [1.54, 1.807) is 0 Å². The molecule has 1 saturated heterocycles. The molecule has 0 saturated carbocycles. The molecule has 4 rings (SSSR count). The lowest BCUT2D eigenvalue weighted by Gasteiger charge is -2.26. The van der Waals surface area contributed by atoms with Gasteiger partial charge in [0.2, 0.25) is 5.95 Å². The van der Waals surface area contributed by atoms with E-state index in [1.165, 1.54) is 24.8 Å². The first-order valence-electron chi connectivity index (χ1n) is 9.24. The number of piperidine rings is 1. The van der Waals surface area contributed by atoms with Crippen LogP contribution in [-0.4, -0.2) is 23.1 Å². The van der Waals surface area contributed by atoms with Crippen LogP contribution in [0.2, 0.25) is 0 Å². The largest absolute Gasteiger partial charge is 0.489 e. The predicted molar refractivity (Wildman–Crippen MR) is 104 cm³/mol. The van der Waals surface area contributed by atoms with Crippen LogP contribution in [0.25, 0.3) is 11.3 Å². The summed E-state index contributed by atoms with van der Waals surface area (Å²) in [5, 5.41) is 0. The van der Waals surface area contributed by atoms with E-state index in [1.807, 2.05) is 42.6 Å². The molecular weight excluding hydrogens is 322 g/mol. The highest BCUT2D eigenvalue weighted by Gasteiger charge is 2.14. The van der Waals surface area contributed by atoms with E-state index in [9.17, 15) is 0 Å². The first-order chi connectivity index (χ1) is 12.9. The Balaban J connectivity index is 1.44. The Morgan fingerprint density at radius 1 is 0.846 bits per heavy atom. The number of nitrogens with zero attached hydrogens (tertiary/aromatic N) is 3. The number of hydrogen-bond acceptors (Lipinski definition) is 4. The summed E-state index contributed by atoms with van der Waals surface area (Å²) in [6.45, 7) is 2.68. The van der Waals surface area contributed by atoms with Gasteiger partial charge >= 0.3 is 0 Å². The molecule has 0 unspecified atom stereocenters. The first-order valence-corrected chi connectivity index (χ1v) is 9.24. The van der Waals surface area contributed by atoms with E-state index in [0.29, 0.717) is 6.61 Å². The second-order valence-corrected chi connectivity index (χ2v) is 6.59. The first kappa shape index (κ1) is 16.6. The molecule has 2 aromatic carbocycles. The smallest absolute Gasteiger partial charge is 0.225 e. The number of ether oxygens (including phenoxy) is 1. The van der Waals surface area contributed by atoms with E-state index in [-0.39, 0.29) is 0 Å². The van der Waals surface area contributed by atoms with Crippen LogP contribution in [0, 0.1) is 0 Å². The lowest BCUT2D eigenvalue weighted by molar-refractivity contribution is 0.306. The molecule has 1 fully saturated rings. The van der Waals surface area contributed by atoms with Gasteiger partial charge in [0.15, 0.2) is 0 Å². The van der Waals surface area contributed by atoms with Crippen molar-refractivity contribution in [2.75, 3.05) is 18.0 Å². The fourth-order valence-electron chi connectivity index (χ4n) is 3.22. The van der Waals surface area contributed by atoms with Gasteiger partial charge in [-0.2, -0.15) is 0 Å². The van der Waals surface area contributed by atoms with E-state index in [2.05, 4.69) is 34.1 Å². The van der Waals surface area contributed by atoms with Crippen LogP contribution in [0.5, 0.6) is 5.75 Å². The molecule has 4 nitrogen and oxygen atoms in total. The molecular formula is C22H23N3O. The summed E-state index contributed by atoms with van der Waals surface area (Å²) in [6, 6.07) is 20.3. The highest BCUT2D eigenvalue weighted by molar-refractivity contribution is 5.61. The molecule has 1 aliphatic heterocycles. The third kappa shape index (κ3) is 4.02. The van der Waals surface area contributed by atoms with E-state index in [4.69, 9.17) is 9.72 Å². The minimum absolute atomic E-state index is 0.576. The van der Waals surface area contributed by atoms with Crippen LogP contribution >= 0.6 is 0 Å². The Morgan fingerprint density at radius 3 is 2.38 bits per heavy atom. The van der Waals surface area contributed by atoms with Crippen LogP contribution in [0.3, 0.4) is 0 Å². The van der Waals surface area contributed by atoms with Crippen LogP contribution < -0.4 is 9.64 Å². The van der Waals surface area contributed by atoms with Crippen molar-refractivity contribution in [2.45, 2.75) is 25.9 Å². The van der Waals surface area contributed by atoms with Crippen LogP contribution in [0.1, 0.15) is 24.8 Å². The SMILES string of the molecule is c1ccc(COc2ccc(-c3ccnc(N4CCCCC4)n3)cc2)cc1. The number of rotatable bonds is 5. The molecule has 0 amide bonds. The van der Waals surface area contributed by atoms with Crippen molar-refractivity contribution in [1.82, 2.24) is 9.97 Å². The zero-order chi connectivity index (χ0) is 17.6. The van der Waals surface area contributed by atoms with E-state index >= 15 is 0 Å². The molecule has 132 valence electrons. The van der Waals surface area contributed by atoms with Crippen LogP contribution in [-0.2, 0) is 6.61 Å². The molecule has 0 atom stereocenters. The molecule has 1 aromatic heterocycles. The van der Waals surface area contributed by atoms with Gasteiger partial charge in [-0.1, -0.05) is 30.3 Å². The molecule has 0 bridgehead atoms. The van der Waals surface area contributed by atoms with Gasteiger partial charge in [-0.25, -0.2) is 9.97 Å². The molecule has 3 aromatic rings. The summed E-state index contributed by atoms with van der Waals surface area (Å²) >= 11 is 0. The fourth-order valence-corrected chi connectivity index (χ4v) is 3.22. The molecule has 0 spiro atoms. The zero-order valence-electron chi connectivity index (χ0n) is 14.8. The molecule has 0 aliphatic carbocycles. The van der Waals surface area contributed by atoms with Crippen LogP contribution in [0.15, 0.2) is 66.9 Å². The maximum absolute atomic E-state index is 5.86. The van der Waals surface area contributed by atoms with E-state index < -0.39 is 0 Å². The molecule has 1 aliphatic rings. The molecule has 2 heterocycles. The maximum Gasteiger partial charge on any atom is 0.225 e. The van der Waals surface area contributed by atoms with E-state index in [0.717, 1.165) is 36.0 Å². The number of anilines is 1. The second kappa shape index (κ2) is 8.00. The average Bonchev–Trinajstić information content (AvgIpc) is 2.74. The number of hydrogen-bond donors (Lipinski definition) is 0.